The molecule has 0 saturated heterocycles. The molecule has 0 rings (SSSR count). The predicted octanol–water partition coefficient (Wildman–Crippen LogP) is 21.5. The molecule has 86 heavy (non-hydrogen) atoms. The molecule has 0 aliphatic carbocycles. The molecule has 10 heteroatoms. The number of carbonyl (C=O) groups is 2. The van der Waals surface area contributed by atoms with Crippen LogP contribution in [0.4, 0.5) is 0 Å². The molecular weight excluding hydrogens is 1090 g/mol. The lowest BCUT2D eigenvalue weighted by molar-refractivity contribution is -0.870. The zero-order valence-electron chi connectivity index (χ0n) is 55.2. The van der Waals surface area contributed by atoms with Gasteiger partial charge in [0.25, 0.3) is 7.82 Å². The van der Waals surface area contributed by atoms with Crippen LogP contribution in [-0.4, -0.2) is 70.0 Å². The van der Waals surface area contributed by atoms with Crippen LogP contribution in [-0.2, 0) is 32.7 Å². The van der Waals surface area contributed by atoms with E-state index in [2.05, 4.69) is 178 Å². The molecule has 486 valence electrons. The van der Waals surface area contributed by atoms with E-state index in [9.17, 15) is 19.0 Å². The SMILES string of the molecule is CC/C=C\C/C=C\C/C=C\C/C=C\C/C=C\C/C=C\C/C=C\C/C=C\C/C=C\CCCC(=O)OC(COC(=O)CCCCCCCCCCCCCCCCCCC/C=C\C/C=C\C/C=C\C/C=C\C/C=C\CC)COP(=O)([O-])OCC[N+](C)(C)C. The Bertz CT molecular complexity index is 2060. The lowest BCUT2D eigenvalue weighted by Crippen LogP contribution is -2.37. The molecular formula is C76H124NO8P. The third-order valence-electron chi connectivity index (χ3n) is 13.7. The molecule has 0 aromatic carbocycles. The summed E-state index contributed by atoms with van der Waals surface area (Å²) < 4.78 is 34.2. The number of likely N-dealkylation sites (N-methyl/N-ethyl adjacent to an activating group) is 1. The fourth-order valence-electron chi connectivity index (χ4n) is 8.63. The molecule has 0 N–H and O–H groups in total. The first kappa shape index (κ1) is 81.4. The lowest BCUT2D eigenvalue weighted by atomic mass is 10.0. The van der Waals surface area contributed by atoms with Crippen molar-refractivity contribution in [2.45, 2.75) is 251 Å². The van der Waals surface area contributed by atoms with Crippen LogP contribution in [0.3, 0.4) is 0 Å². The lowest BCUT2D eigenvalue weighted by Gasteiger charge is -2.28. The number of hydrogen-bond donors (Lipinski definition) is 0. The molecule has 2 atom stereocenters. The van der Waals surface area contributed by atoms with Crippen molar-refractivity contribution in [3.63, 3.8) is 0 Å². The monoisotopic (exact) mass is 1210 g/mol. The molecule has 0 heterocycles. The van der Waals surface area contributed by atoms with Crippen LogP contribution in [0.1, 0.15) is 245 Å². The minimum absolute atomic E-state index is 0.0502. The van der Waals surface area contributed by atoms with E-state index < -0.39 is 32.5 Å². The largest absolute Gasteiger partial charge is 0.756 e. The van der Waals surface area contributed by atoms with Crippen molar-refractivity contribution in [3.05, 3.63) is 170 Å². The highest BCUT2D eigenvalue weighted by Crippen LogP contribution is 2.38. The Kier molecular flexibility index (Phi) is 61.3. The standard InChI is InChI=1S/C76H124NO8P/c1-6-8-10-12-14-16-18-20-22-24-26-28-30-32-34-36-37-38-39-41-42-44-46-48-50-52-54-56-58-60-62-64-66-68-75(78)82-72-74(73-84-86(80,81)83-71-70-77(3,4)5)85-76(79)69-67-65-63-61-59-57-55-53-51-49-47-45-43-40-35-33-31-29-27-25-23-21-19-17-15-13-11-9-7-2/h8-11,14-17,20-23,26-29,32-35,43,45,49,51,55,57,61,63,74H,6-7,12-13,18-19,24-25,30-31,36-42,44,46-48,50,52-54,56,58-60,62,64-73H2,1-5H3/b10-8-,11-9-,16-14-,17-15-,22-20-,23-21-,28-26-,29-27-,34-32-,35-33-,45-43-,51-49-,57-55-,63-61-. The number of rotatable bonds is 60. The third kappa shape index (κ3) is 68.5. The van der Waals surface area contributed by atoms with E-state index in [0.29, 0.717) is 30.3 Å². The number of unbranched alkanes of at least 4 members (excludes halogenated alkanes) is 18. The number of esters is 2. The molecule has 2 unspecified atom stereocenters. The van der Waals surface area contributed by atoms with E-state index >= 15 is 0 Å². The van der Waals surface area contributed by atoms with E-state index in [1.807, 2.05) is 27.2 Å². The second-order valence-electron chi connectivity index (χ2n) is 23.1. The number of hydrogen-bond acceptors (Lipinski definition) is 8. The van der Waals surface area contributed by atoms with E-state index in [1.54, 1.807) is 0 Å². The van der Waals surface area contributed by atoms with Crippen molar-refractivity contribution in [2.75, 3.05) is 47.5 Å². The Hall–Kier alpha value is -4.63. The van der Waals surface area contributed by atoms with Crippen molar-refractivity contribution in [3.8, 4) is 0 Å². The maximum Gasteiger partial charge on any atom is 0.306 e. The first-order valence-electron chi connectivity index (χ1n) is 33.8. The Morgan fingerprint density at radius 1 is 0.360 bits per heavy atom. The Morgan fingerprint density at radius 2 is 0.640 bits per heavy atom. The van der Waals surface area contributed by atoms with Crippen LogP contribution in [0.25, 0.3) is 0 Å². The summed E-state index contributed by atoms with van der Waals surface area (Å²) in [5.74, 6) is -0.911. The normalized spacial score (nSPS) is 14.3. The molecule has 0 aliphatic rings. The number of ether oxygens (including phenoxy) is 2. The topological polar surface area (TPSA) is 111 Å². The highest BCUT2D eigenvalue weighted by molar-refractivity contribution is 7.45. The van der Waals surface area contributed by atoms with Crippen molar-refractivity contribution in [1.29, 1.82) is 0 Å². The first-order valence-corrected chi connectivity index (χ1v) is 35.3. The zero-order chi connectivity index (χ0) is 62.6. The smallest absolute Gasteiger partial charge is 0.306 e. The zero-order valence-corrected chi connectivity index (χ0v) is 56.1. The van der Waals surface area contributed by atoms with Gasteiger partial charge in [-0.05, 0) is 122 Å². The summed E-state index contributed by atoms with van der Waals surface area (Å²) in [6.45, 7) is 3.94. The maximum absolute atomic E-state index is 12.8. The van der Waals surface area contributed by atoms with Gasteiger partial charge in [-0.1, -0.05) is 280 Å². The van der Waals surface area contributed by atoms with Crippen molar-refractivity contribution >= 4 is 19.8 Å². The minimum Gasteiger partial charge on any atom is -0.756 e. The molecule has 0 aromatic heterocycles. The number of quaternary nitrogens is 1. The van der Waals surface area contributed by atoms with E-state index in [1.165, 1.54) is 89.9 Å². The second kappa shape index (κ2) is 64.8. The molecule has 0 bridgehead atoms. The minimum atomic E-state index is -4.67. The number of phosphoric ester groups is 1. The molecule has 0 amide bonds. The number of carbonyl (C=O) groups excluding carboxylic acids is 2. The Labute approximate surface area is 528 Å². The van der Waals surface area contributed by atoms with Gasteiger partial charge in [-0.25, -0.2) is 0 Å². The Morgan fingerprint density at radius 3 is 0.965 bits per heavy atom. The molecule has 0 radical (unpaired) electrons. The molecule has 9 nitrogen and oxygen atoms in total. The molecule has 0 aromatic rings. The van der Waals surface area contributed by atoms with Crippen molar-refractivity contribution < 1.29 is 42.1 Å². The quantitative estimate of drug-likeness (QED) is 0.0195. The van der Waals surface area contributed by atoms with Crippen LogP contribution in [0.2, 0.25) is 0 Å². The van der Waals surface area contributed by atoms with E-state index in [4.69, 9.17) is 18.5 Å². The fourth-order valence-corrected chi connectivity index (χ4v) is 9.35. The van der Waals surface area contributed by atoms with Gasteiger partial charge in [-0.2, -0.15) is 0 Å². The molecule has 0 fully saturated rings. The first-order chi connectivity index (χ1) is 42.0. The summed E-state index contributed by atoms with van der Waals surface area (Å²) in [6, 6.07) is 0. The van der Waals surface area contributed by atoms with Crippen LogP contribution in [0.15, 0.2) is 170 Å². The van der Waals surface area contributed by atoms with Gasteiger partial charge in [0.2, 0.25) is 0 Å². The number of allylic oxidation sites excluding steroid dienone is 28. The van der Waals surface area contributed by atoms with Gasteiger partial charge in [-0.15, -0.1) is 0 Å². The summed E-state index contributed by atoms with van der Waals surface area (Å²) >= 11 is 0. The van der Waals surface area contributed by atoms with Crippen LogP contribution in [0, 0.1) is 0 Å². The third-order valence-corrected chi connectivity index (χ3v) is 14.7. The van der Waals surface area contributed by atoms with Crippen molar-refractivity contribution in [2.24, 2.45) is 0 Å². The van der Waals surface area contributed by atoms with Gasteiger partial charge < -0.3 is 27.9 Å². The number of nitrogens with zero attached hydrogens (tertiary/aromatic N) is 1. The van der Waals surface area contributed by atoms with Gasteiger partial charge in [0.1, 0.15) is 19.8 Å². The Balaban J connectivity index is 4.19. The maximum atomic E-state index is 12.8. The predicted molar refractivity (Wildman–Crippen MR) is 369 cm³/mol. The molecule has 0 aliphatic heterocycles. The van der Waals surface area contributed by atoms with Crippen LogP contribution >= 0.6 is 7.82 Å². The average Bonchev–Trinajstić information content (AvgIpc) is 3.67. The second-order valence-corrected chi connectivity index (χ2v) is 24.5. The van der Waals surface area contributed by atoms with E-state index in [0.717, 1.165) is 109 Å². The summed E-state index contributed by atoms with van der Waals surface area (Å²) in [5, 5.41) is 0. The summed E-state index contributed by atoms with van der Waals surface area (Å²) in [7, 11) is 1.11. The highest BCUT2D eigenvalue weighted by atomic mass is 31.2. The van der Waals surface area contributed by atoms with E-state index in [-0.39, 0.29) is 26.1 Å². The van der Waals surface area contributed by atoms with Gasteiger partial charge in [0, 0.05) is 12.8 Å². The summed E-state index contributed by atoms with van der Waals surface area (Å²) in [4.78, 5) is 38.0. The van der Waals surface area contributed by atoms with Gasteiger partial charge in [0.15, 0.2) is 6.10 Å². The van der Waals surface area contributed by atoms with Crippen molar-refractivity contribution in [1.82, 2.24) is 0 Å². The van der Waals surface area contributed by atoms with Gasteiger partial charge >= 0.3 is 11.9 Å². The fraction of sp³-hybridized carbons (Fsp3) is 0.605. The number of phosphoric acid groups is 1. The summed E-state index contributed by atoms with van der Waals surface area (Å²) in [6.07, 6.45) is 98.6. The molecule has 0 saturated carbocycles. The van der Waals surface area contributed by atoms with Crippen LogP contribution in [0.5, 0.6) is 0 Å². The summed E-state index contributed by atoms with van der Waals surface area (Å²) in [5.41, 5.74) is 0. The van der Waals surface area contributed by atoms with Gasteiger partial charge in [-0.3, -0.25) is 14.2 Å². The highest BCUT2D eigenvalue weighted by Gasteiger charge is 2.21. The van der Waals surface area contributed by atoms with Gasteiger partial charge in [0.05, 0.1) is 27.7 Å². The molecule has 0 spiro atoms. The van der Waals surface area contributed by atoms with Crippen LogP contribution < -0.4 is 4.89 Å². The average molecular weight is 1210 g/mol.